The molecule has 0 bridgehead atoms. The second-order valence-corrected chi connectivity index (χ2v) is 6.30. The van der Waals surface area contributed by atoms with Gasteiger partial charge in [-0.3, -0.25) is 0 Å². The predicted octanol–water partition coefficient (Wildman–Crippen LogP) is 4.92. The molecule has 1 fully saturated rings. The first-order valence-electron chi connectivity index (χ1n) is 6.99. The van der Waals surface area contributed by atoms with E-state index in [2.05, 4.69) is 13.8 Å². The summed E-state index contributed by atoms with van der Waals surface area (Å²) in [4.78, 5) is 0. The van der Waals surface area contributed by atoms with Crippen LogP contribution in [0.1, 0.15) is 50.7 Å². The number of hydrogen-bond donors (Lipinski definition) is 0. The van der Waals surface area contributed by atoms with Crippen molar-refractivity contribution in [3.05, 3.63) is 29.3 Å². The normalized spacial score (nSPS) is 19.0. The van der Waals surface area contributed by atoms with Crippen LogP contribution in [0.3, 0.4) is 0 Å². The molecular weight excluding hydrogens is 279 g/mol. The third kappa shape index (κ3) is 3.90. The molecule has 1 aromatic rings. The van der Waals surface area contributed by atoms with Crippen LogP contribution in [-0.2, 0) is 6.18 Å². The van der Waals surface area contributed by atoms with E-state index in [1.54, 1.807) is 6.07 Å². The van der Waals surface area contributed by atoms with Gasteiger partial charge in [0, 0.05) is 0 Å². The average Bonchev–Trinajstić information content (AvgIpc) is 2.40. The van der Waals surface area contributed by atoms with E-state index >= 15 is 0 Å². The van der Waals surface area contributed by atoms with Crippen molar-refractivity contribution in [2.75, 3.05) is 0 Å². The van der Waals surface area contributed by atoms with Gasteiger partial charge in [-0.1, -0.05) is 13.8 Å². The molecule has 0 radical (unpaired) electrons. The van der Waals surface area contributed by atoms with Crippen LogP contribution in [0.25, 0.3) is 0 Å². The highest BCUT2D eigenvalue weighted by molar-refractivity contribution is 5.44. The van der Waals surface area contributed by atoms with Gasteiger partial charge in [0.05, 0.1) is 23.3 Å². The van der Waals surface area contributed by atoms with Crippen LogP contribution < -0.4 is 4.74 Å². The molecule has 0 amide bonds. The number of nitriles is 1. The molecule has 0 aromatic heterocycles. The molecule has 114 valence electrons. The molecule has 1 aliphatic carbocycles. The van der Waals surface area contributed by atoms with E-state index in [0.717, 1.165) is 31.7 Å². The lowest BCUT2D eigenvalue weighted by atomic mass is 9.76. The smallest absolute Gasteiger partial charge is 0.417 e. The van der Waals surface area contributed by atoms with Crippen molar-refractivity contribution in [1.82, 2.24) is 0 Å². The lowest BCUT2D eigenvalue weighted by molar-refractivity contribution is -0.137. The van der Waals surface area contributed by atoms with Gasteiger partial charge in [-0.15, -0.1) is 0 Å². The Kier molecular flexibility index (Phi) is 4.18. The highest BCUT2D eigenvalue weighted by Crippen LogP contribution is 2.38. The second kappa shape index (κ2) is 5.59. The first-order valence-corrected chi connectivity index (χ1v) is 6.99. The molecule has 0 atom stereocenters. The topological polar surface area (TPSA) is 33.0 Å². The zero-order valence-corrected chi connectivity index (χ0v) is 12.1. The van der Waals surface area contributed by atoms with Gasteiger partial charge in [0.15, 0.2) is 0 Å². The number of benzene rings is 1. The Morgan fingerprint density at radius 2 is 1.86 bits per heavy atom. The molecule has 1 saturated carbocycles. The zero-order chi connectivity index (χ0) is 15.7. The molecule has 0 N–H and O–H groups in total. The van der Waals surface area contributed by atoms with E-state index in [1.807, 2.05) is 0 Å². The van der Waals surface area contributed by atoms with Gasteiger partial charge in [-0.25, -0.2) is 0 Å². The lowest BCUT2D eigenvalue weighted by Crippen LogP contribution is -2.28. The van der Waals surface area contributed by atoms with Crippen LogP contribution in [-0.4, -0.2) is 6.10 Å². The third-order valence-corrected chi connectivity index (χ3v) is 4.01. The summed E-state index contributed by atoms with van der Waals surface area (Å²) in [5.74, 6) is 0.337. The molecule has 1 aromatic carbocycles. The summed E-state index contributed by atoms with van der Waals surface area (Å²) < 4.78 is 43.9. The van der Waals surface area contributed by atoms with Gasteiger partial charge in [0.25, 0.3) is 0 Å². The summed E-state index contributed by atoms with van der Waals surface area (Å²) in [5, 5.41) is 8.88. The molecule has 0 heterocycles. The molecule has 21 heavy (non-hydrogen) atoms. The quantitative estimate of drug-likeness (QED) is 0.775. The largest absolute Gasteiger partial charge is 0.490 e. The van der Waals surface area contributed by atoms with E-state index in [-0.39, 0.29) is 6.10 Å². The maximum atomic E-state index is 12.7. The second-order valence-electron chi connectivity index (χ2n) is 6.30. The van der Waals surface area contributed by atoms with Gasteiger partial charge in [0.1, 0.15) is 5.75 Å². The number of nitrogens with zero attached hydrogens (tertiary/aromatic N) is 1. The van der Waals surface area contributed by atoms with E-state index in [0.29, 0.717) is 11.2 Å². The minimum Gasteiger partial charge on any atom is -0.490 e. The standard InChI is InChI=1S/C16H18F3NO/c1-15(2)7-5-12(6-8-15)21-13-3-4-14(16(17,18)19)11(9-13)10-20/h3-4,9,12H,5-8H2,1-2H3. The maximum absolute atomic E-state index is 12.7. The predicted molar refractivity (Wildman–Crippen MR) is 72.8 cm³/mol. The molecule has 5 heteroatoms. The summed E-state index contributed by atoms with van der Waals surface area (Å²) in [6.07, 6.45) is -0.668. The van der Waals surface area contributed by atoms with Crippen LogP contribution in [0.4, 0.5) is 13.2 Å². The lowest BCUT2D eigenvalue weighted by Gasteiger charge is -2.34. The molecule has 0 saturated heterocycles. The Hall–Kier alpha value is -1.70. The Labute approximate surface area is 122 Å². The fraction of sp³-hybridized carbons (Fsp3) is 0.562. The van der Waals surface area contributed by atoms with Gasteiger partial charge in [0.2, 0.25) is 0 Å². The summed E-state index contributed by atoms with van der Waals surface area (Å²) >= 11 is 0. The Morgan fingerprint density at radius 1 is 1.24 bits per heavy atom. The van der Waals surface area contributed by atoms with Crippen molar-refractivity contribution in [2.24, 2.45) is 5.41 Å². The van der Waals surface area contributed by atoms with Crippen molar-refractivity contribution in [3.8, 4) is 11.8 Å². The van der Waals surface area contributed by atoms with E-state index in [9.17, 15) is 13.2 Å². The summed E-state index contributed by atoms with van der Waals surface area (Å²) in [5.41, 5.74) is -1.00. The maximum Gasteiger partial charge on any atom is 0.417 e. The summed E-state index contributed by atoms with van der Waals surface area (Å²) in [7, 11) is 0. The average molecular weight is 297 g/mol. The number of rotatable bonds is 2. The molecule has 0 unspecified atom stereocenters. The number of halogens is 3. The Bertz CT molecular complexity index is 548. The zero-order valence-electron chi connectivity index (χ0n) is 12.1. The van der Waals surface area contributed by atoms with Crippen LogP contribution in [0.15, 0.2) is 18.2 Å². The van der Waals surface area contributed by atoms with Gasteiger partial charge in [-0.05, 0) is 49.3 Å². The summed E-state index contributed by atoms with van der Waals surface area (Å²) in [6, 6.07) is 4.99. The highest BCUT2D eigenvalue weighted by Gasteiger charge is 2.34. The minimum absolute atomic E-state index is 0.0151. The molecule has 1 aliphatic rings. The first kappa shape index (κ1) is 15.7. The number of hydrogen-bond acceptors (Lipinski definition) is 2. The number of alkyl halides is 3. The molecule has 2 nitrogen and oxygen atoms in total. The van der Waals surface area contributed by atoms with Gasteiger partial charge < -0.3 is 4.74 Å². The molecular formula is C16H18F3NO. The third-order valence-electron chi connectivity index (χ3n) is 4.01. The van der Waals surface area contributed by atoms with E-state index in [1.165, 1.54) is 12.1 Å². The van der Waals surface area contributed by atoms with Crippen LogP contribution in [0, 0.1) is 16.7 Å². The first-order chi connectivity index (χ1) is 9.71. The molecule has 2 rings (SSSR count). The Balaban J connectivity index is 2.11. The van der Waals surface area contributed by atoms with Crippen molar-refractivity contribution in [2.45, 2.75) is 51.8 Å². The molecule has 0 aliphatic heterocycles. The van der Waals surface area contributed by atoms with E-state index < -0.39 is 17.3 Å². The van der Waals surface area contributed by atoms with Crippen molar-refractivity contribution in [1.29, 1.82) is 5.26 Å². The fourth-order valence-electron chi connectivity index (χ4n) is 2.62. The molecule has 0 spiro atoms. The fourth-order valence-corrected chi connectivity index (χ4v) is 2.62. The van der Waals surface area contributed by atoms with Gasteiger partial charge >= 0.3 is 6.18 Å². The minimum atomic E-state index is -4.52. The SMILES string of the molecule is CC1(C)CCC(Oc2ccc(C(F)(F)F)c(C#N)c2)CC1. The highest BCUT2D eigenvalue weighted by atomic mass is 19.4. The Morgan fingerprint density at radius 3 is 2.38 bits per heavy atom. The van der Waals surface area contributed by atoms with Crippen molar-refractivity contribution < 1.29 is 17.9 Å². The van der Waals surface area contributed by atoms with Crippen LogP contribution in [0.5, 0.6) is 5.75 Å². The van der Waals surface area contributed by atoms with Crippen LogP contribution >= 0.6 is 0 Å². The monoisotopic (exact) mass is 297 g/mol. The van der Waals surface area contributed by atoms with Crippen molar-refractivity contribution >= 4 is 0 Å². The van der Waals surface area contributed by atoms with E-state index in [4.69, 9.17) is 10.00 Å². The van der Waals surface area contributed by atoms with Crippen molar-refractivity contribution in [3.63, 3.8) is 0 Å². The van der Waals surface area contributed by atoms with Gasteiger partial charge in [-0.2, -0.15) is 18.4 Å². The van der Waals surface area contributed by atoms with Crippen LogP contribution in [0.2, 0.25) is 0 Å². The summed E-state index contributed by atoms with van der Waals surface area (Å²) in [6.45, 7) is 4.41. The number of ether oxygens (including phenoxy) is 1.